The average molecular weight is 491 g/mol. The lowest BCUT2D eigenvalue weighted by Gasteiger charge is -2.35. The van der Waals surface area contributed by atoms with Crippen molar-refractivity contribution in [3.63, 3.8) is 0 Å². The summed E-state index contributed by atoms with van der Waals surface area (Å²) >= 11 is 5.87. The Labute approximate surface area is 201 Å². The van der Waals surface area contributed by atoms with E-state index in [4.69, 9.17) is 11.6 Å². The van der Waals surface area contributed by atoms with Crippen LogP contribution in [0, 0.1) is 5.92 Å². The van der Waals surface area contributed by atoms with E-state index in [0.717, 1.165) is 32.5 Å². The highest BCUT2D eigenvalue weighted by Gasteiger charge is 2.30. The van der Waals surface area contributed by atoms with Gasteiger partial charge in [-0.05, 0) is 55.1 Å². The molecular weight excluding hydrogens is 460 g/mol. The maximum atomic E-state index is 12.8. The van der Waals surface area contributed by atoms with Crippen LogP contribution in [0.3, 0.4) is 0 Å². The maximum absolute atomic E-state index is 12.8. The van der Waals surface area contributed by atoms with Crippen molar-refractivity contribution < 1.29 is 13.2 Å². The number of carbonyl (C=O) groups excluding carboxylic acids is 1. The second-order valence-electron chi connectivity index (χ2n) is 8.76. The molecule has 178 valence electrons. The first kappa shape index (κ1) is 24.0. The first-order valence-electron chi connectivity index (χ1n) is 11.5. The van der Waals surface area contributed by atoms with Crippen molar-refractivity contribution in [1.29, 1.82) is 0 Å². The summed E-state index contributed by atoms with van der Waals surface area (Å²) in [5.74, 6) is 0.429. The van der Waals surface area contributed by atoms with Crippen molar-refractivity contribution >= 4 is 27.7 Å². The summed E-state index contributed by atoms with van der Waals surface area (Å²) < 4.78 is 27.1. The van der Waals surface area contributed by atoms with E-state index < -0.39 is 10.0 Å². The number of carbonyl (C=O) groups is 1. The molecule has 33 heavy (non-hydrogen) atoms. The highest BCUT2D eigenvalue weighted by molar-refractivity contribution is 7.89. The number of hydrogen-bond acceptors (Lipinski definition) is 4. The molecule has 0 aromatic heterocycles. The Balaban J connectivity index is 1.22. The van der Waals surface area contributed by atoms with Crippen LogP contribution in [0.1, 0.15) is 18.4 Å². The van der Waals surface area contributed by atoms with Crippen molar-refractivity contribution in [2.75, 3.05) is 45.8 Å². The summed E-state index contributed by atoms with van der Waals surface area (Å²) in [5.41, 5.74) is 1.31. The van der Waals surface area contributed by atoms with Crippen molar-refractivity contribution in [2.45, 2.75) is 24.3 Å². The zero-order valence-corrected chi connectivity index (χ0v) is 20.3. The Kier molecular flexibility index (Phi) is 7.90. The quantitative estimate of drug-likeness (QED) is 0.674. The van der Waals surface area contributed by atoms with Crippen LogP contribution in [0.15, 0.2) is 59.5 Å². The fraction of sp³-hybridized carbons (Fsp3) is 0.458. The van der Waals surface area contributed by atoms with Gasteiger partial charge in [0.2, 0.25) is 10.0 Å². The number of urea groups is 1. The number of nitrogens with zero attached hydrogens (tertiary/aromatic N) is 3. The molecular formula is C24H31ClN4O3S. The third-order valence-corrected chi connectivity index (χ3v) is 8.54. The lowest BCUT2D eigenvalue weighted by molar-refractivity contribution is 0.152. The van der Waals surface area contributed by atoms with Crippen LogP contribution >= 0.6 is 11.6 Å². The Hall–Kier alpha value is -2.13. The molecule has 2 aliphatic heterocycles. The molecule has 1 atom stereocenters. The van der Waals surface area contributed by atoms with Crippen LogP contribution in [0.5, 0.6) is 0 Å². The van der Waals surface area contributed by atoms with Gasteiger partial charge in [-0.15, -0.1) is 0 Å². The van der Waals surface area contributed by atoms with E-state index in [9.17, 15) is 13.2 Å². The summed E-state index contributed by atoms with van der Waals surface area (Å²) in [4.78, 5) is 17.1. The molecule has 7 nitrogen and oxygen atoms in total. The lowest BCUT2D eigenvalue weighted by Crippen LogP contribution is -2.54. The molecule has 0 aliphatic carbocycles. The molecule has 0 spiro atoms. The number of amides is 2. The number of piperazine rings is 1. The largest absolute Gasteiger partial charge is 0.338 e. The number of hydrogen-bond donors (Lipinski definition) is 1. The predicted molar refractivity (Wildman–Crippen MR) is 130 cm³/mol. The van der Waals surface area contributed by atoms with Gasteiger partial charge in [0.15, 0.2) is 0 Å². The van der Waals surface area contributed by atoms with Gasteiger partial charge in [-0.1, -0.05) is 41.9 Å². The molecule has 9 heteroatoms. The number of sulfonamides is 1. The second kappa shape index (κ2) is 10.9. The van der Waals surface area contributed by atoms with Crippen LogP contribution < -0.4 is 5.32 Å². The van der Waals surface area contributed by atoms with Crippen LogP contribution in [0.2, 0.25) is 5.02 Å². The van der Waals surface area contributed by atoms with E-state index in [2.05, 4.69) is 34.5 Å². The fourth-order valence-corrected chi connectivity index (χ4v) is 6.08. The first-order chi connectivity index (χ1) is 15.9. The monoisotopic (exact) mass is 490 g/mol. The molecule has 1 unspecified atom stereocenters. The highest BCUT2D eigenvalue weighted by atomic mass is 35.5. The molecule has 2 heterocycles. The number of nitrogens with one attached hydrogen (secondary N) is 1. The van der Waals surface area contributed by atoms with Crippen molar-refractivity contribution in [2.24, 2.45) is 5.92 Å². The Morgan fingerprint density at radius 1 is 0.970 bits per heavy atom. The summed E-state index contributed by atoms with van der Waals surface area (Å²) in [6.07, 6.45) is 2.24. The molecule has 0 radical (unpaired) electrons. The minimum absolute atomic E-state index is 0.112. The van der Waals surface area contributed by atoms with Crippen molar-refractivity contribution in [3.8, 4) is 0 Å². The van der Waals surface area contributed by atoms with Gasteiger partial charge in [-0.3, -0.25) is 4.90 Å². The molecule has 0 saturated carbocycles. The molecule has 0 bridgehead atoms. The smallest absolute Gasteiger partial charge is 0.317 e. The number of likely N-dealkylation sites (tertiary alicyclic amines) is 1. The number of piperidine rings is 1. The van der Waals surface area contributed by atoms with E-state index in [1.165, 1.54) is 22.0 Å². The Morgan fingerprint density at radius 3 is 2.36 bits per heavy atom. The van der Waals surface area contributed by atoms with Gasteiger partial charge in [-0.2, -0.15) is 4.31 Å². The molecule has 1 N–H and O–H groups in total. The fourth-order valence-electron chi connectivity index (χ4n) is 4.53. The average Bonchev–Trinajstić information content (AvgIpc) is 2.84. The van der Waals surface area contributed by atoms with Gasteiger partial charge in [-0.25, -0.2) is 13.2 Å². The molecule has 2 aromatic rings. The SMILES string of the molecule is O=C(NCC1CCCN(Cc2ccccc2)C1)N1CCN(S(=O)(=O)c2ccc(Cl)cc2)CC1. The molecule has 2 amide bonds. The van der Waals surface area contributed by atoms with Crippen molar-refractivity contribution in [1.82, 2.24) is 19.4 Å². The maximum Gasteiger partial charge on any atom is 0.317 e. The van der Waals surface area contributed by atoms with Gasteiger partial charge in [0.1, 0.15) is 0 Å². The Bertz CT molecular complexity index is 1030. The van der Waals surface area contributed by atoms with Crippen LogP contribution in [0.4, 0.5) is 4.79 Å². The zero-order chi connectivity index (χ0) is 23.3. The van der Waals surface area contributed by atoms with Gasteiger partial charge >= 0.3 is 6.03 Å². The zero-order valence-electron chi connectivity index (χ0n) is 18.7. The Morgan fingerprint density at radius 2 is 1.67 bits per heavy atom. The summed E-state index contributed by atoms with van der Waals surface area (Å²) in [5, 5.41) is 3.57. The third-order valence-electron chi connectivity index (χ3n) is 6.37. The third kappa shape index (κ3) is 6.26. The molecule has 2 fully saturated rings. The van der Waals surface area contributed by atoms with Gasteiger partial charge in [0.05, 0.1) is 4.90 Å². The van der Waals surface area contributed by atoms with Gasteiger partial charge in [0.25, 0.3) is 0 Å². The van der Waals surface area contributed by atoms with E-state index in [1.54, 1.807) is 17.0 Å². The molecule has 2 saturated heterocycles. The highest BCUT2D eigenvalue weighted by Crippen LogP contribution is 2.21. The number of benzene rings is 2. The summed E-state index contributed by atoms with van der Waals surface area (Å²) in [6.45, 7) is 4.97. The first-order valence-corrected chi connectivity index (χ1v) is 13.3. The van der Waals surface area contributed by atoms with E-state index in [0.29, 0.717) is 30.6 Å². The molecule has 4 rings (SSSR count). The minimum atomic E-state index is -3.58. The topological polar surface area (TPSA) is 73.0 Å². The van der Waals surface area contributed by atoms with E-state index in [1.807, 2.05) is 6.07 Å². The van der Waals surface area contributed by atoms with Crippen LogP contribution in [-0.2, 0) is 16.6 Å². The van der Waals surface area contributed by atoms with Crippen LogP contribution in [0.25, 0.3) is 0 Å². The molecule has 2 aromatic carbocycles. The minimum Gasteiger partial charge on any atom is -0.338 e. The van der Waals surface area contributed by atoms with E-state index >= 15 is 0 Å². The van der Waals surface area contributed by atoms with Gasteiger partial charge in [0, 0.05) is 50.8 Å². The van der Waals surface area contributed by atoms with Gasteiger partial charge < -0.3 is 10.2 Å². The summed E-state index contributed by atoms with van der Waals surface area (Å²) in [7, 11) is -3.58. The molecule has 2 aliphatic rings. The second-order valence-corrected chi connectivity index (χ2v) is 11.1. The lowest BCUT2D eigenvalue weighted by atomic mass is 9.97. The van der Waals surface area contributed by atoms with E-state index in [-0.39, 0.29) is 24.0 Å². The number of halogens is 1. The standard InChI is InChI=1S/C24H31ClN4O3S/c25-22-8-10-23(11-9-22)33(31,32)29-15-13-28(14-16-29)24(30)26-17-21-7-4-12-27(19-21)18-20-5-2-1-3-6-20/h1-3,5-6,8-11,21H,4,7,12-19H2,(H,26,30). The van der Waals surface area contributed by atoms with Crippen LogP contribution in [-0.4, -0.2) is 74.4 Å². The summed E-state index contributed by atoms with van der Waals surface area (Å²) in [6, 6.07) is 16.5. The predicted octanol–water partition coefficient (Wildman–Crippen LogP) is 3.27. The normalized spacial score (nSPS) is 20.5. The number of rotatable bonds is 6. The van der Waals surface area contributed by atoms with Crippen molar-refractivity contribution in [3.05, 3.63) is 65.2 Å².